The smallest absolute Gasteiger partial charge is 0.250 e. The molecule has 0 aliphatic carbocycles. The van der Waals surface area contributed by atoms with E-state index in [4.69, 9.17) is 4.74 Å². The molecule has 1 atom stereocenters. The van der Waals surface area contributed by atoms with Gasteiger partial charge in [0.1, 0.15) is 0 Å². The number of nitrogens with one attached hydrogen (secondary N) is 1. The number of hydrogen-bond donors (Lipinski definition) is 1. The van der Waals surface area contributed by atoms with E-state index in [2.05, 4.69) is 5.32 Å². The molecule has 1 aromatic heterocycles. The molecular weight excluding hydrogens is 236 g/mol. The standard InChI is InChI=1S/C12H18N2O2S/c1-16-6-5-14-8-10(2-3-12(14)15)13-11-4-7-17-9-11/h2-3,8,11,13H,4-7,9H2,1H3. The lowest BCUT2D eigenvalue weighted by atomic mass is 10.2. The van der Waals surface area contributed by atoms with Gasteiger partial charge in [0.2, 0.25) is 0 Å². The average Bonchev–Trinajstić information content (AvgIpc) is 2.82. The fourth-order valence-corrected chi connectivity index (χ4v) is 3.02. The van der Waals surface area contributed by atoms with Gasteiger partial charge in [-0.15, -0.1) is 0 Å². The molecule has 5 heteroatoms. The van der Waals surface area contributed by atoms with Gasteiger partial charge >= 0.3 is 0 Å². The third-order valence-corrected chi connectivity index (χ3v) is 3.98. The SMILES string of the molecule is COCCn1cc(NC2CCSC2)ccc1=O. The molecule has 0 saturated carbocycles. The summed E-state index contributed by atoms with van der Waals surface area (Å²) in [5.74, 6) is 2.37. The van der Waals surface area contributed by atoms with Crippen LogP contribution in [-0.2, 0) is 11.3 Å². The van der Waals surface area contributed by atoms with Crippen molar-refractivity contribution in [3.8, 4) is 0 Å². The van der Waals surface area contributed by atoms with Crippen molar-refractivity contribution in [3.63, 3.8) is 0 Å². The van der Waals surface area contributed by atoms with Crippen LogP contribution in [0.1, 0.15) is 6.42 Å². The lowest BCUT2D eigenvalue weighted by Crippen LogP contribution is -2.23. The van der Waals surface area contributed by atoms with E-state index in [1.165, 1.54) is 12.2 Å². The van der Waals surface area contributed by atoms with Gasteiger partial charge in [-0.3, -0.25) is 4.79 Å². The first-order chi connectivity index (χ1) is 8.29. The predicted octanol–water partition coefficient (Wildman–Crippen LogP) is 1.41. The van der Waals surface area contributed by atoms with Gasteiger partial charge in [0, 0.05) is 37.7 Å². The van der Waals surface area contributed by atoms with E-state index in [-0.39, 0.29) is 5.56 Å². The largest absolute Gasteiger partial charge is 0.383 e. The number of nitrogens with zero attached hydrogens (tertiary/aromatic N) is 1. The second-order valence-corrected chi connectivity index (χ2v) is 5.30. The molecule has 2 heterocycles. The number of ether oxygens (including phenoxy) is 1. The van der Waals surface area contributed by atoms with E-state index in [1.54, 1.807) is 17.7 Å². The Morgan fingerprint density at radius 3 is 3.18 bits per heavy atom. The van der Waals surface area contributed by atoms with Crippen LogP contribution in [0.5, 0.6) is 0 Å². The van der Waals surface area contributed by atoms with Crippen molar-refractivity contribution >= 4 is 17.4 Å². The Morgan fingerprint density at radius 1 is 1.59 bits per heavy atom. The molecule has 0 radical (unpaired) electrons. The third kappa shape index (κ3) is 3.51. The molecule has 17 heavy (non-hydrogen) atoms. The van der Waals surface area contributed by atoms with Gasteiger partial charge in [0.15, 0.2) is 0 Å². The van der Waals surface area contributed by atoms with Crippen molar-refractivity contribution in [2.24, 2.45) is 0 Å². The van der Waals surface area contributed by atoms with Crippen LogP contribution >= 0.6 is 11.8 Å². The number of anilines is 1. The van der Waals surface area contributed by atoms with Crippen LogP contribution in [0.2, 0.25) is 0 Å². The third-order valence-electron chi connectivity index (χ3n) is 2.82. The van der Waals surface area contributed by atoms with Gasteiger partial charge in [-0.25, -0.2) is 0 Å². The molecular formula is C12H18N2O2S. The van der Waals surface area contributed by atoms with Crippen LogP contribution in [0, 0.1) is 0 Å². The van der Waals surface area contributed by atoms with Crippen molar-refractivity contribution in [1.82, 2.24) is 4.57 Å². The number of thioether (sulfide) groups is 1. The number of methoxy groups -OCH3 is 1. The van der Waals surface area contributed by atoms with Crippen LogP contribution < -0.4 is 10.9 Å². The maximum atomic E-state index is 11.6. The van der Waals surface area contributed by atoms with Crippen molar-refractivity contribution in [2.45, 2.75) is 19.0 Å². The molecule has 4 nitrogen and oxygen atoms in total. The highest BCUT2D eigenvalue weighted by Gasteiger charge is 2.14. The minimum atomic E-state index is 0.0217. The second kappa shape index (κ2) is 6.12. The quantitative estimate of drug-likeness (QED) is 0.863. The van der Waals surface area contributed by atoms with Crippen molar-refractivity contribution in [1.29, 1.82) is 0 Å². The van der Waals surface area contributed by atoms with E-state index in [0.717, 1.165) is 11.4 Å². The Morgan fingerprint density at radius 2 is 2.47 bits per heavy atom. The van der Waals surface area contributed by atoms with Gasteiger partial charge in [0.05, 0.1) is 12.3 Å². The van der Waals surface area contributed by atoms with E-state index in [1.807, 2.05) is 24.0 Å². The Kier molecular flexibility index (Phi) is 4.50. The van der Waals surface area contributed by atoms with Crippen LogP contribution in [0.15, 0.2) is 23.1 Å². The number of pyridine rings is 1. The summed E-state index contributed by atoms with van der Waals surface area (Å²) in [5, 5.41) is 3.46. The minimum Gasteiger partial charge on any atom is -0.383 e. The van der Waals surface area contributed by atoms with Crippen LogP contribution in [0.4, 0.5) is 5.69 Å². The zero-order valence-corrected chi connectivity index (χ0v) is 10.8. The maximum absolute atomic E-state index is 11.6. The fourth-order valence-electron chi connectivity index (χ4n) is 1.87. The first-order valence-electron chi connectivity index (χ1n) is 5.83. The molecule has 94 valence electrons. The van der Waals surface area contributed by atoms with Gasteiger partial charge in [0.25, 0.3) is 5.56 Å². The minimum absolute atomic E-state index is 0.0217. The molecule has 1 saturated heterocycles. The van der Waals surface area contributed by atoms with Gasteiger partial charge in [-0.05, 0) is 18.2 Å². The summed E-state index contributed by atoms with van der Waals surface area (Å²) >= 11 is 1.97. The lowest BCUT2D eigenvalue weighted by molar-refractivity contribution is 0.186. The van der Waals surface area contributed by atoms with Gasteiger partial charge < -0.3 is 14.6 Å². The number of rotatable bonds is 5. The molecule has 2 rings (SSSR count). The highest BCUT2D eigenvalue weighted by atomic mass is 32.2. The molecule has 1 aromatic rings. The summed E-state index contributed by atoms with van der Waals surface area (Å²) in [5.41, 5.74) is 1.04. The fraction of sp³-hybridized carbons (Fsp3) is 0.583. The van der Waals surface area contributed by atoms with E-state index < -0.39 is 0 Å². The van der Waals surface area contributed by atoms with E-state index in [9.17, 15) is 4.79 Å². The Balaban J connectivity index is 2.04. The summed E-state index contributed by atoms with van der Waals surface area (Å²) in [4.78, 5) is 11.6. The molecule has 1 fully saturated rings. The van der Waals surface area contributed by atoms with Crippen molar-refractivity contribution in [2.75, 3.05) is 30.5 Å². The highest BCUT2D eigenvalue weighted by Crippen LogP contribution is 2.20. The predicted molar refractivity (Wildman–Crippen MR) is 71.9 cm³/mol. The first kappa shape index (κ1) is 12.5. The highest BCUT2D eigenvalue weighted by molar-refractivity contribution is 7.99. The summed E-state index contributed by atoms with van der Waals surface area (Å²) in [7, 11) is 1.64. The van der Waals surface area contributed by atoms with E-state index >= 15 is 0 Å². The topological polar surface area (TPSA) is 43.3 Å². The normalized spacial score (nSPS) is 19.5. The van der Waals surface area contributed by atoms with Crippen LogP contribution in [0.25, 0.3) is 0 Å². The average molecular weight is 254 g/mol. The summed E-state index contributed by atoms with van der Waals surface area (Å²) in [6.45, 7) is 1.16. The second-order valence-electron chi connectivity index (χ2n) is 4.15. The molecule has 1 N–H and O–H groups in total. The molecule has 0 spiro atoms. The Hall–Kier alpha value is -0.940. The van der Waals surface area contributed by atoms with Gasteiger partial charge in [-0.1, -0.05) is 0 Å². The molecule has 0 amide bonds. The first-order valence-corrected chi connectivity index (χ1v) is 6.99. The summed E-state index contributed by atoms with van der Waals surface area (Å²) in [6, 6.07) is 4.00. The number of hydrogen-bond acceptors (Lipinski definition) is 4. The summed E-state index contributed by atoms with van der Waals surface area (Å²) < 4.78 is 6.68. The van der Waals surface area contributed by atoms with Crippen molar-refractivity contribution < 1.29 is 4.74 Å². The zero-order valence-electron chi connectivity index (χ0n) is 10.0. The van der Waals surface area contributed by atoms with Gasteiger partial charge in [-0.2, -0.15) is 11.8 Å². The van der Waals surface area contributed by atoms with Crippen LogP contribution in [0.3, 0.4) is 0 Å². The molecule has 1 aliphatic heterocycles. The molecule has 0 aromatic carbocycles. The van der Waals surface area contributed by atoms with E-state index in [0.29, 0.717) is 19.2 Å². The molecule has 1 unspecified atom stereocenters. The number of aromatic nitrogens is 1. The lowest BCUT2D eigenvalue weighted by Gasteiger charge is -2.14. The van der Waals surface area contributed by atoms with Crippen molar-refractivity contribution in [3.05, 3.63) is 28.7 Å². The van der Waals surface area contributed by atoms with Crippen LogP contribution in [-0.4, -0.2) is 35.8 Å². The molecule has 0 bridgehead atoms. The zero-order chi connectivity index (χ0) is 12.1. The summed E-state index contributed by atoms with van der Waals surface area (Å²) in [6.07, 6.45) is 3.08. The monoisotopic (exact) mass is 254 g/mol. The Labute approximate surface area is 105 Å². The Bertz CT molecular complexity index is 413. The molecule has 1 aliphatic rings. The maximum Gasteiger partial charge on any atom is 0.250 e.